The van der Waals surface area contributed by atoms with Crippen LogP contribution < -0.4 is 5.32 Å². The van der Waals surface area contributed by atoms with E-state index < -0.39 is 0 Å². The molecule has 2 heterocycles. The molecule has 1 atom stereocenters. The maximum atomic E-state index is 5.35. The van der Waals surface area contributed by atoms with E-state index in [1.54, 1.807) is 0 Å². The van der Waals surface area contributed by atoms with Crippen LogP contribution in [0.15, 0.2) is 12.1 Å². The van der Waals surface area contributed by atoms with Crippen molar-refractivity contribution in [2.45, 2.75) is 32.7 Å². The molecule has 1 saturated heterocycles. The number of rotatable bonds is 5. The topological polar surface area (TPSA) is 50.3 Å². The second-order valence-electron chi connectivity index (χ2n) is 5.46. The second-order valence-corrected chi connectivity index (χ2v) is 5.46. The zero-order valence-corrected chi connectivity index (χ0v) is 12.1. The van der Waals surface area contributed by atoms with Gasteiger partial charge in [0.25, 0.3) is 0 Å². The van der Waals surface area contributed by atoms with Gasteiger partial charge in [-0.2, -0.15) is 5.10 Å². The average molecular weight is 264 g/mol. The van der Waals surface area contributed by atoms with Crippen LogP contribution in [0.1, 0.15) is 32.4 Å². The summed E-state index contributed by atoms with van der Waals surface area (Å²) in [5.74, 6) is 1.28. The van der Waals surface area contributed by atoms with Crippen LogP contribution in [0, 0.1) is 0 Å². The van der Waals surface area contributed by atoms with Gasteiger partial charge in [-0.3, -0.25) is 4.90 Å². The number of hydrogen-bond acceptors (Lipinski definition) is 5. The van der Waals surface area contributed by atoms with Crippen LogP contribution in [0.2, 0.25) is 0 Å². The van der Waals surface area contributed by atoms with Crippen LogP contribution in [0.3, 0.4) is 0 Å². The van der Waals surface area contributed by atoms with Gasteiger partial charge in [0.15, 0.2) is 0 Å². The molecular formula is C14H24N4O. The number of aromatic nitrogens is 2. The predicted molar refractivity (Wildman–Crippen MR) is 76.5 cm³/mol. The Labute approximate surface area is 115 Å². The molecule has 5 heteroatoms. The first-order valence-electron chi connectivity index (χ1n) is 7.05. The van der Waals surface area contributed by atoms with Crippen molar-refractivity contribution in [3.8, 4) is 0 Å². The van der Waals surface area contributed by atoms with E-state index in [9.17, 15) is 0 Å². The van der Waals surface area contributed by atoms with Crippen molar-refractivity contribution in [1.29, 1.82) is 0 Å². The number of morpholine rings is 1. The summed E-state index contributed by atoms with van der Waals surface area (Å²) in [6.07, 6.45) is 0. The van der Waals surface area contributed by atoms with E-state index in [2.05, 4.69) is 41.2 Å². The van der Waals surface area contributed by atoms with Gasteiger partial charge in [0.05, 0.1) is 18.9 Å². The van der Waals surface area contributed by atoms with Crippen LogP contribution in [0.25, 0.3) is 0 Å². The maximum absolute atomic E-state index is 5.35. The SMILES string of the molecule is CC(C)c1ccc(N[C@@H](C)CN2CCOCC2)nn1. The Balaban J connectivity index is 1.82. The summed E-state index contributed by atoms with van der Waals surface area (Å²) >= 11 is 0. The summed E-state index contributed by atoms with van der Waals surface area (Å²) in [5.41, 5.74) is 1.03. The molecule has 0 saturated carbocycles. The maximum Gasteiger partial charge on any atom is 0.148 e. The smallest absolute Gasteiger partial charge is 0.148 e. The highest BCUT2D eigenvalue weighted by Crippen LogP contribution is 2.12. The molecule has 1 aromatic rings. The fourth-order valence-corrected chi connectivity index (χ4v) is 2.20. The highest BCUT2D eigenvalue weighted by molar-refractivity contribution is 5.34. The van der Waals surface area contributed by atoms with Crippen molar-refractivity contribution >= 4 is 5.82 Å². The number of hydrogen-bond donors (Lipinski definition) is 1. The number of nitrogens with zero attached hydrogens (tertiary/aromatic N) is 3. The van der Waals surface area contributed by atoms with Crippen molar-refractivity contribution in [3.05, 3.63) is 17.8 Å². The molecule has 2 rings (SSSR count). The van der Waals surface area contributed by atoms with Crippen molar-refractivity contribution in [3.63, 3.8) is 0 Å². The Bertz CT molecular complexity index is 374. The first kappa shape index (κ1) is 14.2. The molecule has 1 fully saturated rings. The van der Waals surface area contributed by atoms with Gasteiger partial charge < -0.3 is 10.1 Å². The predicted octanol–water partition coefficient (Wildman–Crippen LogP) is 1.73. The number of anilines is 1. The van der Waals surface area contributed by atoms with Gasteiger partial charge in [-0.15, -0.1) is 5.10 Å². The van der Waals surface area contributed by atoms with E-state index in [-0.39, 0.29) is 0 Å². The minimum atomic E-state index is 0.359. The molecule has 1 aliphatic rings. The molecule has 1 aliphatic heterocycles. The highest BCUT2D eigenvalue weighted by Gasteiger charge is 2.14. The van der Waals surface area contributed by atoms with E-state index in [0.717, 1.165) is 44.4 Å². The Morgan fingerprint density at radius 3 is 2.53 bits per heavy atom. The Morgan fingerprint density at radius 2 is 1.95 bits per heavy atom. The molecule has 0 aromatic carbocycles. The Kier molecular flexibility index (Phi) is 5.10. The molecule has 1 N–H and O–H groups in total. The van der Waals surface area contributed by atoms with Crippen LogP contribution in [0.4, 0.5) is 5.82 Å². The zero-order valence-electron chi connectivity index (χ0n) is 12.1. The van der Waals surface area contributed by atoms with Crippen molar-refractivity contribution < 1.29 is 4.74 Å². The molecule has 0 spiro atoms. The van der Waals surface area contributed by atoms with Gasteiger partial charge in [0, 0.05) is 25.7 Å². The third kappa shape index (κ3) is 4.44. The third-order valence-electron chi connectivity index (χ3n) is 3.31. The van der Waals surface area contributed by atoms with E-state index >= 15 is 0 Å². The van der Waals surface area contributed by atoms with Gasteiger partial charge >= 0.3 is 0 Å². The van der Waals surface area contributed by atoms with Gasteiger partial charge in [-0.05, 0) is 25.0 Å². The molecule has 5 nitrogen and oxygen atoms in total. The standard InChI is InChI=1S/C14H24N4O/c1-11(2)13-4-5-14(17-16-13)15-12(3)10-18-6-8-19-9-7-18/h4-5,11-12H,6-10H2,1-3H3,(H,15,17)/t12-/m0/s1. The molecule has 0 bridgehead atoms. The fraction of sp³-hybridized carbons (Fsp3) is 0.714. The normalized spacial score (nSPS) is 18.5. The monoisotopic (exact) mass is 264 g/mol. The molecule has 0 aliphatic carbocycles. The van der Waals surface area contributed by atoms with Crippen molar-refractivity contribution in [2.75, 3.05) is 38.2 Å². The third-order valence-corrected chi connectivity index (χ3v) is 3.31. The lowest BCUT2D eigenvalue weighted by atomic mass is 10.1. The first-order chi connectivity index (χ1) is 9.15. The molecule has 0 radical (unpaired) electrons. The fourth-order valence-electron chi connectivity index (χ4n) is 2.20. The Hall–Kier alpha value is -1.20. The highest BCUT2D eigenvalue weighted by atomic mass is 16.5. The summed E-state index contributed by atoms with van der Waals surface area (Å²) in [6.45, 7) is 11.2. The summed E-state index contributed by atoms with van der Waals surface area (Å²) < 4.78 is 5.35. The zero-order chi connectivity index (χ0) is 13.7. The van der Waals surface area contributed by atoms with Gasteiger partial charge in [-0.1, -0.05) is 13.8 Å². The molecule has 0 amide bonds. The summed E-state index contributed by atoms with van der Waals surface area (Å²) in [4.78, 5) is 2.41. The van der Waals surface area contributed by atoms with E-state index in [1.807, 2.05) is 12.1 Å². The average Bonchev–Trinajstić information content (AvgIpc) is 2.40. The molecule has 19 heavy (non-hydrogen) atoms. The van der Waals surface area contributed by atoms with Crippen LogP contribution in [-0.4, -0.2) is 54.0 Å². The summed E-state index contributed by atoms with van der Waals surface area (Å²) in [6, 6.07) is 4.41. The van der Waals surface area contributed by atoms with Crippen LogP contribution in [0.5, 0.6) is 0 Å². The lowest BCUT2D eigenvalue weighted by molar-refractivity contribution is 0.0368. The molecule has 0 unspecified atom stereocenters. The van der Waals surface area contributed by atoms with E-state index in [0.29, 0.717) is 12.0 Å². The largest absolute Gasteiger partial charge is 0.379 e. The molecule has 106 valence electrons. The van der Waals surface area contributed by atoms with Gasteiger partial charge in [0.2, 0.25) is 0 Å². The lowest BCUT2D eigenvalue weighted by Crippen LogP contribution is -2.42. The minimum absolute atomic E-state index is 0.359. The Morgan fingerprint density at radius 1 is 1.21 bits per heavy atom. The first-order valence-corrected chi connectivity index (χ1v) is 7.05. The van der Waals surface area contributed by atoms with Crippen LogP contribution in [-0.2, 0) is 4.74 Å². The van der Waals surface area contributed by atoms with Crippen molar-refractivity contribution in [1.82, 2.24) is 15.1 Å². The quantitative estimate of drug-likeness (QED) is 0.878. The summed E-state index contributed by atoms with van der Waals surface area (Å²) in [7, 11) is 0. The van der Waals surface area contributed by atoms with Gasteiger partial charge in [-0.25, -0.2) is 0 Å². The van der Waals surface area contributed by atoms with E-state index in [4.69, 9.17) is 4.74 Å². The lowest BCUT2D eigenvalue weighted by Gasteiger charge is -2.29. The number of ether oxygens (including phenoxy) is 1. The van der Waals surface area contributed by atoms with Crippen LogP contribution >= 0.6 is 0 Å². The van der Waals surface area contributed by atoms with Crippen molar-refractivity contribution in [2.24, 2.45) is 0 Å². The van der Waals surface area contributed by atoms with Gasteiger partial charge in [0.1, 0.15) is 5.82 Å². The van der Waals surface area contributed by atoms with E-state index in [1.165, 1.54) is 0 Å². The number of nitrogens with one attached hydrogen (secondary N) is 1. The summed E-state index contributed by atoms with van der Waals surface area (Å²) in [5, 5.41) is 11.9. The second kappa shape index (κ2) is 6.82. The molecule has 1 aromatic heterocycles. The minimum Gasteiger partial charge on any atom is -0.379 e. The molecular weight excluding hydrogens is 240 g/mol.